The van der Waals surface area contributed by atoms with E-state index in [1.165, 1.54) is 16.5 Å². The van der Waals surface area contributed by atoms with E-state index < -0.39 is 0 Å². The van der Waals surface area contributed by atoms with Gasteiger partial charge < -0.3 is 10.3 Å². The lowest BCUT2D eigenvalue weighted by molar-refractivity contribution is -0.121. The SMILES string of the molecule is CC(C)CCNC(=O)CCCc1c[nH]c2ccccc12. The van der Waals surface area contributed by atoms with Crippen LogP contribution in [-0.4, -0.2) is 17.4 Å². The van der Waals surface area contributed by atoms with Crippen molar-refractivity contribution >= 4 is 16.8 Å². The maximum Gasteiger partial charge on any atom is 0.220 e. The first-order valence-corrected chi connectivity index (χ1v) is 7.48. The zero-order valence-electron chi connectivity index (χ0n) is 12.4. The van der Waals surface area contributed by atoms with Gasteiger partial charge in [-0.1, -0.05) is 32.0 Å². The van der Waals surface area contributed by atoms with Gasteiger partial charge in [-0.3, -0.25) is 4.79 Å². The maximum absolute atomic E-state index is 11.7. The molecular formula is C17H24N2O. The molecule has 3 heteroatoms. The molecule has 2 aromatic rings. The molecule has 2 N–H and O–H groups in total. The summed E-state index contributed by atoms with van der Waals surface area (Å²) in [5, 5.41) is 4.26. The van der Waals surface area contributed by atoms with E-state index in [1.54, 1.807) is 0 Å². The second-order valence-corrected chi connectivity index (χ2v) is 5.75. The third-order valence-electron chi connectivity index (χ3n) is 3.57. The van der Waals surface area contributed by atoms with Crippen LogP contribution in [0.1, 0.15) is 38.7 Å². The first-order chi connectivity index (χ1) is 9.66. The van der Waals surface area contributed by atoms with E-state index in [0.717, 1.165) is 25.8 Å². The number of fused-ring (bicyclic) bond motifs is 1. The smallest absolute Gasteiger partial charge is 0.220 e. The van der Waals surface area contributed by atoms with Crippen LogP contribution in [0.2, 0.25) is 0 Å². The van der Waals surface area contributed by atoms with E-state index in [9.17, 15) is 4.79 Å². The van der Waals surface area contributed by atoms with E-state index in [0.29, 0.717) is 12.3 Å². The molecule has 0 saturated carbocycles. The van der Waals surface area contributed by atoms with Crippen molar-refractivity contribution in [2.45, 2.75) is 39.5 Å². The number of carbonyl (C=O) groups is 1. The monoisotopic (exact) mass is 272 g/mol. The molecule has 3 nitrogen and oxygen atoms in total. The molecule has 1 heterocycles. The summed E-state index contributed by atoms with van der Waals surface area (Å²) in [4.78, 5) is 15.0. The quantitative estimate of drug-likeness (QED) is 0.794. The number of hydrogen-bond donors (Lipinski definition) is 2. The van der Waals surface area contributed by atoms with E-state index in [1.807, 2.05) is 6.07 Å². The van der Waals surface area contributed by atoms with Crippen molar-refractivity contribution in [3.63, 3.8) is 0 Å². The van der Waals surface area contributed by atoms with Crippen molar-refractivity contribution in [3.8, 4) is 0 Å². The van der Waals surface area contributed by atoms with Crippen molar-refractivity contribution in [2.24, 2.45) is 5.92 Å². The third-order valence-corrected chi connectivity index (χ3v) is 3.57. The average Bonchev–Trinajstić information content (AvgIpc) is 2.82. The van der Waals surface area contributed by atoms with Gasteiger partial charge in [0.1, 0.15) is 0 Å². The van der Waals surface area contributed by atoms with Gasteiger partial charge in [0.05, 0.1) is 0 Å². The molecule has 0 unspecified atom stereocenters. The molecule has 0 saturated heterocycles. The van der Waals surface area contributed by atoms with E-state index in [-0.39, 0.29) is 5.91 Å². The number of benzene rings is 1. The van der Waals surface area contributed by atoms with Crippen LogP contribution in [0.15, 0.2) is 30.5 Å². The van der Waals surface area contributed by atoms with Crippen molar-refractivity contribution < 1.29 is 4.79 Å². The second-order valence-electron chi connectivity index (χ2n) is 5.75. The fraction of sp³-hybridized carbons (Fsp3) is 0.471. The first kappa shape index (κ1) is 14.6. The highest BCUT2D eigenvalue weighted by molar-refractivity contribution is 5.83. The minimum atomic E-state index is 0.172. The van der Waals surface area contributed by atoms with Crippen LogP contribution in [0.5, 0.6) is 0 Å². The Bertz CT molecular complexity index is 557. The van der Waals surface area contributed by atoms with Gasteiger partial charge in [0.2, 0.25) is 5.91 Å². The number of aromatic amines is 1. The highest BCUT2D eigenvalue weighted by atomic mass is 16.1. The lowest BCUT2D eigenvalue weighted by Gasteiger charge is -2.06. The summed E-state index contributed by atoms with van der Waals surface area (Å²) in [6.07, 6.45) is 5.56. The zero-order chi connectivity index (χ0) is 14.4. The maximum atomic E-state index is 11.7. The fourth-order valence-corrected chi connectivity index (χ4v) is 2.37. The van der Waals surface area contributed by atoms with Gasteiger partial charge in [-0.2, -0.15) is 0 Å². The first-order valence-electron chi connectivity index (χ1n) is 7.48. The minimum Gasteiger partial charge on any atom is -0.361 e. The Balaban J connectivity index is 1.74. The van der Waals surface area contributed by atoms with Gasteiger partial charge >= 0.3 is 0 Å². The molecule has 1 aromatic carbocycles. The van der Waals surface area contributed by atoms with Crippen molar-refractivity contribution in [3.05, 3.63) is 36.0 Å². The number of aryl methyl sites for hydroxylation is 1. The molecule has 0 aliphatic rings. The number of amides is 1. The third kappa shape index (κ3) is 4.12. The lowest BCUT2D eigenvalue weighted by atomic mass is 10.1. The predicted molar refractivity (Wildman–Crippen MR) is 83.7 cm³/mol. The molecule has 0 radical (unpaired) electrons. The predicted octanol–water partition coefficient (Wildman–Crippen LogP) is 3.65. The molecule has 1 amide bonds. The number of para-hydroxylation sites is 1. The summed E-state index contributed by atoms with van der Waals surface area (Å²) >= 11 is 0. The highest BCUT2D eigenvalue weighted by Gasteiger charge is 2.05. The van der Waals surface area contributed by atoms with Gasteiger partial charge in [-0.15, -0.1) is 0 Å². The Morgan fingerprint density at radius 1 is 1.30 bits per heavy atom. The van der Waals surface area contributed by atoms with Crippen molar-refractivity contribution in [1.29, 1.82) is 0 Å². The Morgan fingerprint density at radius 3 is 2.90 bits per heavy atom. The minimum absolute atomic E-state index is 0.172. The standard InChI is InChI=1S/C17H24N2O/c1-13(2)10-11-18-17(20)9-5-6-14-12-19-16-8-4-3-7-15(14)16/h3-4,7-8,12-13,19H,5-6,9-11H2,1-2H3,(H,18,20). The van der Waals surface area contributed by atoms with Gasteiger partial charge in [0.15, 0.2) is 0 Å². The van der Waals surface area contributed by atoms with Gasteiger partial charge in [-0.05, 0) is 36.8 Å². The fourth-order valence-electron chi connectivity index (χ4n) is 2.37. The summed E-state index contributed by atoms with van der Waals surface area (Å²) in [5.41, 5.74) is 2.47. The largest absolute Gasteiger partial charge is 0.361 e. The highest BCUT2D eigenvalue weighted by Crippen LogP contribution is 2.19. The van der Waals surface area contributed by atoms with Gasteiger partial charge in [-0.25, -0.2) is 0 Å². The van der Waals surface area contributed by atoms with Gasteiger partial charge in [0.25, 0.3) is 0 Å². The summed E-state index contributed by atoms with van der Waals surface area (Å²) in [6.45, 7) is 5.13. The van der Waals surface area contributed by atoms with E-state index in [2.05, 4.69) is 48.5 Å². The Hall–Kier alpha value is -1.77. The molecule has 1 aromatic heterocycles. The summed E-state index contributed by atoms with van der Waals surface area (Å²) in [7, 11) is 0. The average molecular weight is 272 g/mol. The molecule has 0 spiro atoms. The van der Waals surface area contributed by atoms with Crippen LogP contribution in [0.3, 0.4) is 0 Å². The topological polar surface area (TPSA) is 44.9 Å². The number of aromatic nitrogens is 1. The van der Waals surface area contributed by atoms with Crippen LogP contribution in [0.4, 0.5) is 0 Å². The number of hydrogen-bond acceptors (Lipinski definition) is 1. The molecule has 20 heavy (non-hydrogen) atoms. The van der Waals surface area contributed by atoms with E-state index in [4.69, 9.17) is 0 Å². The number of rotatable bonds is 7. The zero-order valence-corrected chi connectivity index (χ0v) is 12.4. The normalized spacial score (nSPS) is 11.2. The molecule has 0 fully saturated rings. The molecule has 108 valence electrons. The van der Waals surface area contributed by atoms with Crippen molar-refractivity contribution in [2.75, 3.05) is 6.54 Å². The second kappa shape index (κ2) is 7.13. The number of H-pyrrole nitrogens is 1. The van der Waals surface area contributed by atoms with Crippen LogP contribution in [-0.2, 0) is 11.2 Å². The molecule has 0 bridgehead atoms. The van der Waals surface area contributed by atoms with Crippen LogP contribution < -0.4 is 5.32 Å². The van der Waals surface area contributed by atoms with Crippen LogP contribution in [0.25, 0.3) is 10.9 Å². The molecule has 0 aliphatic heterocycles. The Morgan fingerprint density at radius 2 is 2.10 bits per heavy atom. The van der Waals surface area contributed by atoms with Crippen molar-refractivity contribution in [1.82, 2.24) is 10.3 Å². The van der Waals surface area contributed by atoms with E-state index >= 15 is 0 Å². The summed E-state index contributed by atoms with van der Waals surface area (Å²) in [5.74, 6) is 0.812. The number of carbonyl (C=O) groups excluding carboxylic acids is 1. The lowest BCUT2D eigenvalue weighted by Crippen LogP contribution is -2.25. The van der Waals surface area contributed by atoms with Crippen LogP contribution >= 0.6 is 0 Å². The number of nitrogens with one attached hydrogen (secondary N) is 2. The van der Waals surface area contributed by atoms with Crippen LogP contribution in [0, 0.1) is 5.92 Å². The van der Waals surface area contributed by atoms with Gasteiger partial charge in [0, 0.05) is 30.1 Å². The molecule has 2 rings (SSSR count). The molecule has 0 aliphatic carbocycles. The molecular weight excluding hydrogens is 248 g/mol. The summed E-state index contributed by atoms with van der Waals surface area (Å²) in [6, 6.07) is 8.30. The summed E-state index contributed by atoms with van der Waals surface area (Å²) < 4.78 is 0. The molecule has 0 atom stereocenters. The Labute approximate surface area is 120 Å². The Kier molecular flexibility index (Phi) is 5.22.